The lowest BCUT2D eigenvalue weighted by molar-refractivity contribution is -0.129. The van der Waals surface area contributed by atoms with Crippen LogP contribution in [0.2, 0.25) is 0 Å². The first-order valence-electron chi connectivity index (χ1n) is 8.66. The van der Waals surface area contributed by atoms with Crippen LogP contribution in [0.3, 0.4) is 0 Å². The fraction of sp³-hybridized carbons (Fsp3) is 0.200. The number of aromatic nitrogens is 1. The molecule has 1 fully saturated rings. The van der Waals surface area contributed by atoms with E-state index in [0.29, 0.717) is 5.56 Å². The van der Waals surface area contributed by atoms with Crippen LogP contribution in [0.1, 0.15) is 34.2 Å². The van der Waals surface area contributed by atoms with Gasteiger partial charge in [-0.2, -0.15) is 0 Å². The van der Waals surface area contributed by atoms with Crippen LogP contribution in [0.4, 0.5) is 4.79 Å². The molecule has 4 amide bonds. The molecule has 2 aromatic rings. The maximum absolute atomic E-state index is 12.5. The maximum Gasteiger partial charge on any atom is 0.335 e. The number of hydrogen-bond donors (Lipinski definition) is 2. The van der Waals surface area contributed by atoms with Crippen molar-refractivity contribution in [2.45, 2.75) is 20.8 Å². The molecule has 1 aromatic heterocycles. The van der Waals surface area contributed by atoms with Gasteiger partial charge < -0.3 is 9.67 Å². The molecule has 1 aromatic carbocycles. The quantitative estimate of drug-likeness (QED) is 0.624. The number of barbiturate groups is 1. The predicted molar refractivity (Wildman–Crippen MR) is 101 cm³/mol. The van der Waals surface area contributed by atoms with Gasteiger partial charge in [-0.05, 0) is 62.7 Å². The number of aryl methyl sites for hydroxylation is 1. The highest BCUT2D eigenvalue weighted by Gasteiger charge is 2.34. The van der Waals surface area contributed by atoms with Crippen molar-refractivity contribution in [3.05, 3.63) is 58.4 Å². The van der Waals surface area contributed by atoms with E-state index in [1.807, 2.05) is 24.5 Å². The summed E-state index contributed by atoms with van der Waals surface area (Å²) in [6.07, 6.45) is 1.47. The number of amides is 4. The van der Waals surface area contributed by atoms with Crippen LogP contribution in [-0.2, 0) is 9.59 Å². The van der Waals surface area contributed by atoms with Crippen LogP contribution >= 0.6 is 0 Å². The number of likely N-dealkylation sites (N-methyl/N-ethyl adjacent to an activating group) is 1. The average Bonchev–Trinajstić information content (AvgIpc) is 2.92. The lowest BCUT2D eigenvalue weighted by Crippen LogP contribution is -2.53. The zero-order valence-corrected chi connectivity index (χ0v) is 15.6. The Labute approximate surface area is 161 Å². The van der Waals surface area contributed by atoms with Gasteiger partial charge in [-0.15, -0.1) is 0 Å². The number of nitrogens with zero attached hydrogens (tertiary/aromatic N) is 2. The summed E-state index contributed by atoms with van der Waals surface area (Å²) >= 11 is 0. The SMILES string of the molecule is CCN1C(=O)NC(=O)/C(=C\c2cc(C)n(-c3ccc(C(=O)O)cc3)c2C)C1=O. The summed E-state index contributed by atoms with van der Waals surface area (Å²) in [6.45, 7) is 5.50. The molecule has 8 heteroatoms. The molecule has 2 N–H and O–H groups in total. The normalized spacial score (nSPS) is 15.9. The maximum atomic E-state index is 12.5. The Morgan fingerprint density at radius 3 is 2.36 bits per heavy atom. The smallest absolute Gasteiger partial charge is 0.335 e. The molecule has 0 saturated carbocycles. The number of carbonyl (C=O) groups excluding carboxylic acids is 3. The van der Waals surface area contributed by atoms with Crippen molar-refractivity contribution in [2.75, 3.05) is 6.54 Å². The summed E-state index contributed by atoms with van der Waals surface area (Å²) in [5, 5.41) is 11.2. The zero-order valence-electron chi connectivity index (χ0n) is 15.6. The van der Waals surface area contributed by atoms with Gasteiger partial charge in [0.25, 0.3) is 11.8 Å². The molecule has 0 spiro atoms. The highest BCUT2D eigenvalue weighted by molar-refractivity contribution is 6.31. The number of urea groups is 1. The van der Waals surface area contributed by atoms with Crippen molar-refractivity contribution >= 4 is 29.9 Å². The Bertz CT molecular complexity index is 1030. The molecule has 8 nitrogen and oxygen atoms in total. The average molecular weight is 381 g/mol. The van der Waals surface area contributed by atoms with E-state index in [2.05, 4.69) is 5.32 Å². The first-order valence-corrected chi connectivity index (χ1v) is 8.66. The summed E-state index contributed by atoms with van der Waals surface area (Å²) in [4.78, 5) is 48.3. The Morgan fingerprint density at radius 1 is 1.14 bits per heavy atom. The van der Waals surface area contributed by atoms with Gasteiger partial charge >= 0.3 is 12.0 Å². The Kier molecular flexibility index (Phi) is 4.87. The molecule has 0 atom stereocenters. The number of hydrogen-bond acceptors (Lipinski definition) is 4. The second kappa shape index (κ2) is 7.15. The molecular formula is C20H19N3O5. The second-order valence-electron chi connectivity index (χ2n) is 6.38. The van der Waals surface area contributed by atoms with Crippen molar-refractivity contribution in [3.8, 4) is 5.69 Å². The highest BCUT2D eigenvalue weighted by atomic mass is 16.4. The van der Waals surface area contributed by atoms with Crippen LogP contribution in [-0.4, -0.2) is 44.9 Å². The van der Waals surface area contributed by atoms with E-state index < -0.39 is 23.8 Å². The Morgan fingerprint density at radius 2 is 1.79 bits per heavy atom. The molecule has 0 radical (unpaired) electrons. The number of carboxylic acid groups (broad SMARTS) is 1. The molecule has 0 aliphatic carbocycles. The number of aromatic carboxylic acids is 1. The van der Waals surface area contributed by atoms with Gasteiger partial charge in [0.1, 0.15) is 5.57 Å². The fourth-order valence-corrected chi connectivity index (χ4v) is 3.22. The van der Waals surface area contributed by atoms with Crippen molar-refractivity contribution < 1.29 is 24.3 Å². The van der Waals surface area contributed by atoms with E-state index in [1.54, 1.807) is 19.1 Å². The van der Waals surface area contributed by atoms with Crippen LogP contribution in [0.25, 0.3) is 11.8 Å². The van der Waals surface area contributed by atoms with Crippen molar-refractivity contribution in [1.29, 1.82) is 0 Å². The number of carbonyl (C=O) groups is 4. The molecule has 28 heavy (non-hydrogen) atoms. The van der Waals surface area contributed by atoms with E-state index in [9.17, 15) is 19.2 Å². The van der Waals surface area contributed by atoms with Crippen molar-refractivity contribution in [2.24, 2.45) is 0 Å². The second-order valence-corrected chi connectivity index (χ2v) is 6.38. The standard InChI is InChI=1S/C20H19N3O5/c1-4-22-18(25)16(17(24)21-20(22)28)10-14-9-11(2)23(12(14)3)15-7-5-13(6-8-15)19(26)27/h5-10H,4H2,1-3H3,(H,26,27)(H,21,24,28)/b16-10+. The van der Waals surface area contributed by atoms with E-state index in [4.69, 9.17) is 5.11 Å². The lowest BCUT2D eigenvalue weighted by Gasteiger charge is -2.24. The topological polar surface area (TPSA) is 109 Å². The van der Waals surface area contributed by atoms with Crippen LogP contribution < -0.4 is 5.32 Å². The number of imide groups is 2. The van der Waals surface area contributed by atoms with Crippen LogP contribution in [0, 0.1) is 13.8 Å². The minimum absolute atomic E-state index is 0.108. The van der Waals surface area contributed by atoms with E-state index in [1.165, 1.54) is 18.2 Å². The summed E-state index contributed by atoms with van der Waals surface area (Å²) in [6, 6.07) is 7.50. The molecule has 2 heterocycles. The monoisotopic (exact) mass is 381 g/mol. The lowest BCUT2D eigenvalue weighted by atomic mass is 10.1. The van der Waals surface area contributed by atoms with E-state index >= 15 is 0 Å². The molecule has 0 unspecified atom stereocenters. The molecule has 1 aliphatic rings. The minimum atomic E-state index is -1.00. The Hall–Kier alpha value is -3.68. The first-order chi connectivity index (χ1) is 13.2. The van der Waals surface area contributed by atoms with Gasteiger partial charge in [0.15, 0.2) is 0 Å². The fourth-order valence-electron chi connectivity index (χ4n) is 3.22. The van der Waals surface area contributed by atoms with Crippen molar-refractivity contribution in [1.82, 2.24) is 14.8 Å². The number of carboxylic acids is 1. The number of nitrogens with one attached hydrogen (secondary N) is 1. The molecule has 0 bridgehead atoms. The van der Waals surface area contributed by atoms with Crippen LogP contribution in [0.5, 0.6) is 0 Å². The molecule has 1 aliphatic heterocycles. The summed E-state index contributed by atoms with van der Waals surface area (Å²) < 4.78 is 1.89. The number of rotatable bonds is 4. The summed E-state index contributed by atoms with van der Waals surface area (Å²) in [5.74, 6) is -2.36. The third-order valence-corrected chi connectivity index (χ3v) is 4.64. The van der Waals surface area contributed by atoms with Gasteiger partial charge in [-0.1, -0.05) is 0 Å². The van der Waals surface area contributed by atoms with Gasteiger partial charge in [0, 0.05) is 23.6 Å². The largest absolute Gasteiger partial charge is 0.478 e. The van der Waals surface area contributed by atoms with Gasteiger partial charge in [0.2, 0.25) is 0 Å². The third kappa shape index (κ3) is 3.20. The predicted octanol–water partition coefficient (Wildman–Crippen LogP) is 2.27. The van der Waals surface area contributed by atoms with Gasteiger partial charge in [0.05, 0.1) is 5.56 Å². The molecule has 3 rings (SSSR count). The minimum Gasteiger partial charge on any atom is -0.478 e. The van der Waals surface area contributed by atoms with Gasteiger partial charge in [-0.25, -0.2) is 9.59 Å². The van der Waals surface area contributed by atoms with Gasteiger partial charge in [-0.3, -0.25) is 19.8 Å². The highest BCUT2D eigenvalue weighted by Crippen LogP contribution is 2.24. The Balaban J connectivity index is 2.03. The first kappa shape index (κ1) is 19.1. The summed E-state index contributed by atoms with van der Waals surface area (Å²) in [7, 11) is 0. The van der Waals surface area contributed by atoms with E-state index in [-0.39, 0.29) is 17.7 Å². The zero-order chi connectivity index (χ0) is 20.6. The molecule has 144 valence electrons. The molecule has 1 saturated heterocycles. The van der Waals surface area contributed by atoms with Crippen molar-refractivity contribution in [3.63, 3.8) is 0 Å². The van der Waals surface area contributed by atoms with Crippen LogP contribution in [0.15, 0.2) is 35.9 Å². The summed E-state index contributed by atoms with van der Waals surface area (Å²) in [5.41, 5.74) is 3.11. The number of benzene rings is 1. The molecular weight excluding hydrogens is 362 g/mol. The third-order valence-electron chi connectivity index (χ3n) is 4.64. The van der Waals surface area contributed by atoms with E-state index in [0.717, 1.165) is 22.0 Å².